The standard InChI is InChI=1S/C16H18N2O6/c19-14(18-5-6-23-9-10(18)7-15(20)21)8-13-16(22)17-11-3-1-2-4-12(11)24-13/h1-4,10,13H,5-9H2,(H,17,22)(H,20,21). The van der Waals surface area contributed by atoms with Crippen LogP contribution in [0.1, 0.15) is 12.8 Å². The summed E-state index contributed by atoms with van der Waals surface area (Å²) in [7, 11) is 0. The van der Waals surface area contributed by atoms with Crippen LogP contribution in [0, 0.1) is 0 Å². The first-order chi connectivity index (χ1) is 11.5. The normalized spacial score (nSPS) is 23.0. The van der Waals surface area contributed by atoms with E-state index in [9.17, 15) is 14.4 Å². The lowest BCUT2D eigenvalue weighted by atomic mass is 10.1. The van der Waals surface area contributed by atoms with Crippen molar-refractivity contribution in [3.05, 3.63) is 24.3 Å². The second kappa shape index (κ2) is 6.88. The minimum atomic E-state index is -0.996. The predicted molar refractivity (Wildman–Crippen MR) is 82.7 cm³/mol. The Morgan fingerprint density at radius 2 is 2.08 bits per heavy atom. The van der Waals surface area contributed by atoms with Crippen molar-refractivity contribution in [1.29, 1.82) is 0 Å². The summed E-state index contributed by atoms with van der Waals surface area (Å²) in [5, 5.41) is 11.7. The number of carbonyl (C=O) groups is 3. The maximum absolute atomic E-state index is 12.5. The Morgan fingerprint density at radius 1 is 1.29 bits per heavy atom. The van der Waals surface area contributed by atoms with E-state index in [0.717, 1.165) is 0 Å². The summed E-state index contributed by atoms with van der Waals surface area (Å²) in [4.78, 5) is 37.0. The van der Waals surface area contributed by atoms with E-state index < -0.39 is 18.1 Å². The highest BCUT2D eigenvalue weighted by Crippen LogP contribution is 2.30. The molecule has 0 spiro atoms. The molecule has 1 saturated heterocycles. The van der Waals surface area contributed by atoms with E-state index in [-0.39, 0.29) is 31.3 Å². The molecule has 1 aromatic rings. The average Bonchev–Trinajstić information content (AvgIpc) is 2.55. The topological polar surface area (TPSA) is 105 Å². The van der Waals surface area contributed by atoms with Gasteiger partial charge in [0.25, 0.3) is 5.91 Å². The van der Waals surface area contributed by atoms with Gasteiger partial charge >= 0.3 is 5.97 Å². The van der Waals surface area contributed by atoms with Crippen LogP contribution in [0.4, 0.5) is 5.69 Å². The van der Waals surface area contributed by atoms with Crippen LogP contribution in [0.5, 0.6) is 5.75 Å². The highest BCUT2D eigenvalue weighted by molar-refractivity contribution is 6.00. The number of rotatable bonds is 4. The second-order valence-corrected chi connectivity index (χ2v) is 5.71. The summed E-state index contributed by atoms with van der Waals surface area (Å²) in [5.74, 6) is -1.18. The second-order valence-electron chi connectivity index (χ2n) is 5.71. The number of anilines is 1. The first-order valence-corrected chi connectivity index (χ1v) is 7.70. The molecule has 2 amide bonds. The summed E-state index contributed by atoms with van der Waals surface area (Å²) >= 11 is 0. The van der Waals surface area contributed by atoms with E-state index >= 15 is 0 Å². The van der Waals surface area contributed by atoms with Crippen molar-refractivity contribution in [1.82, 2.24) is 4.90 Å². The van der Waals surface area contributed by atoms with Crippen molar-refractivity contribution >= 4 is 23.5 Å². The lowest BCUT2D eigenvalue weighted by molar-refractivity contribution is -0.148. The van der Waals surface area contributed by atoms with Crippen LogP contribution in [-0.4, -0.2) is 59.7 Å². The fraction of sp³-hybridized carbons (Fsp3) is 0.438. The highest BCUT2D eigenvalue weighted by Gasteiger charge is 2.34. The van der Waals surface area contributed by atoms with E-state index in [4.69, 9.17) is 14.6 Å². The maximum atomic E-state index is 12.5. The molecular formula is C16H18N2O6. The number of para-hydroxylation sites is 2. The van der Waals surface area contributed by atoms with Crippen LogP contribution in [-0.2, 0) is 19.1 Å². The summed E-state index contributed by atoms with van der Waals surface area (Å²) in [6.07, 6.45) is -1.26. The van der Waals surface area contributed by atoms with Crippen LogP contribution in [0.2, 0.25) is 0 Å². The van der Waals surface area contributed by atoms with Gasteiger partial charge in [0, 0.05) is 6.54 Å². The molecule has 128 valence electrons. The molecule has 2 aliphatic heterocycles. The molecule has 0 saturated carbocycles. The zero-order valence-electron chi connectivity index (χ0n) is 12.9. The number of morpholine rings is 1. The van der Waals surface area contributed by atoms with Gasteiger partial charge in [-0.1, -0.05) is 12.1 Å². The molecule has 0 radical (unpaired) electrons. The van der Waals surface area contributed by atoms with E-state index in [0.29, 0.717) is 24.6 Å². The largest absolute Gasteiger partial charge is 0.481 e. The molecule has 2 atom stereocenters. The number of carboxylic acid groups (broad SMARTS) is 1. The van der Waals surface area contributed by atoms with Crippen LogP contribution in [0.25, 0.3) is 0 Å². The summed E-state index contributed by atoms with van der Waals surface area (Å²) in [6.45, 7) is 0.836. The summed E-state index contributed by atoms with van der Waals surface area (Å²) in [6, 6.07) is 6.46. The fourth-order valence-corrected chi connectivity index (χ4v) is 2.86. The number of hydrogen-bond donors (Lipinski definition) is 2. The van der Waals surface area contributed by atoms with Gasteiger partial charge in [-0.15, -0.1) is 0 Å². The first-order valence-electron chi connectivity index (χ1n) is 7.70. The predicted octanol–water partition coefficient (Wildman–Crippen LogP) is 0.478. The zero-order valence-corrected chi connectivity index (χ0v) is 12.9. The number of benzene rings is 1. The Morgan fingerprint density at radius 3 is 2.88 bits per heavy atom. The molecule has 2 unspecified atom stereocenters. The SMILES string of the molecule is O=C(O)CC1COCCN1C(=O)CC1Oc2ccccc2NC1=O. The van der Waals surface area contributed by atoms with Gasteiger partial charge in [0.2, 0.25) is 5.91 Å². The zero-order chi connectivity index (χ0) is 17.1. The van der Waals surface area contributed by atoms with E-state index in [1.54, 1.807) is 24.3 Å². The molecule has 2 N–H and O–H groups in total. The molecule has 0 bridgehead atoms. The Kier molecular flexibility index (Phi) is 4.66. The number of aliphatic carboxylic acids is 1. The van der Waals surface area contributed by atoms with Gasteiger partial charge in [-0.2, -0.15) is 0 Å². The van der Waals surface area contributed by atoms with Gasteiger partial charge in [-0.05, 0) is 12.1 Å². The first kappa shape index (κ1) is 16.3. The van der Waals surface area contributed by atoms with Crippen molar-refractivity contribution in [2.45, 2.75) is 25.0 Å². The lowest BCUT2D eigenvalue weighted by Gasteiger charge is -2.36. The van der Waals surface area contributed by atoms with Crippen molar-refractivity contribution in [2.24, 2.45) is 0 Å². The number of nitrogens with one attached hydrogen (secondary N) is 1. The molecule has 24 heavy (non-hydrogen) atoms. The molecule has 1 fully saturated rings. The number of nitrogens with zero attached hydrogens (tertiary/aromatic N) is 1. The molecule has 3 rings (SSSR count). The van der Waals surface area contributed by atoms with E-state index in [1.165, 1.54) is 4.90 Å². The van der Waals surface area contributed by atoms with Gasteiger partial charge in [0.1, 0.15) is 5.75 Å². The Hall–Kier alpha value is -2.61. The molecule has 2 heterocycles. The van der Waals surface area contributed by atoms with Crippen molar-refractivity contribution in [2.75, 3.05) is 25.1 Å². The van der Waals surface area contributed by atoms with E-state index in [1.807, 2.05) is 0 Å². The number of amides is 2. The van der Waals surface area contributed by atoms with Crippen LogP contribution >= 0.6 is 0 Å². The average molecular weight is 334 g/mol. The highest BCUT2D eigenvalue weighted by atomic mass is 16.5. The lowest BCUT2D eigenvalue weighted by Crippen LogP contribution is -2.51. The number of fused-ring (bicyclic) bond motifs is 1. The molecule has 8 heteroatoms. The summed E-state index contributed by atoms with van der Waals surface area (Å²) in [5.41, 5.74) is 0.571. The molecule has 0 aromatic heterocycles. The molecule has 8 nitrogen and oxygen atoms in total. The van der Waals surface area contributed by atoms with Gasteiger partial charge in [-0.25, -0.2) is 0 Å². The number of carbonyl (C=O) groups excluding carboxylic acids is 2. The van der Waals surface area contributed by atoms with Crippen molar-refractivity contribution in [3.63, 3.8) is 0 Å². The summed E-state index contributed by atoms with van der Waals surface area (Å²) < 4.78 is 10.9. The molecular weight excluding hydrogens is 316 g/mol. The van der Waals surface area contributed by atoms with Crippen LogP contribution < -0.4 is 10.1 Å². The minimum Gasteiger partial charge on any atom is -0.481 e. The minimum absolute atomic E-state index is 0.143. The monoisotopic (exact) mass is 334 g/mol. The number of carboxylic acids is 1. The van der Waals surface area contributed by atoms with Crippen LogP contribution in [0.15, 0.2) is 24.3 Å². The Bertz CT molecular complexity index is 662. The fourth-order valence-electron chi connectivity index (χ4n) is 2.86. The Balaban J connectivity index is 1.67. The van der Waals surface area contributed by atoms with E-state index in [2.05, 4.69) is 5.32 Å². The molecule has 2 aliphatic rings. The molecule has 1 aromatic carbocycles. The van der Waals surface area contributed by atoms with Crippen molar-refractivity contribution < 1.29 is 29.0 Å². The third kappa shape index (κ3) is 3.48. The maximum Gasteiger partial charge on any atom is 0.305 e. The van der Waals surface area contributed by atoms with Gasteiger partial charge in [-0.3, -0.25) is 14.4 Å². The van der Waals surface area contributed by atoms with Gasteiger partial charge in [0.15, 0.2) is 6.10 Å². The quantitative estimate of drug-likeness (QED) is 0.830. The third-order valence-corrected chi connectivity index (χ3v) is 4.02. The number of ether oxygens (including phenoxy) is 2. The Labute approximate surface area is 138 Å². The van der Waals surface area contributed by atoms with Crippen molar-refractivity contribution in [3.8, 4) is 5.75 Å². The third-order valence-electron chi connectivity index (χ3n) is 4.02. The number of hydrogen-bond acceptors (Lipinski definition) is 5. The molecule has 0 aliphatic carbocycles. The van der Waals surface area contributed by atoms with Gasteiger partial charge in [0.05, 0.1) is 37.8 Å². The smallest absolute Gasteiger partial charge is 0.305 e. The van der Waals surface area contributed by atoms with Crippen LogP contribution in [0.3, 0.4) is 0 Å². The van der Waals surface area contributed by atoms with Gasteiger partial charge < -0.3 is 24.8 Å².